The van der Waals surface area contributed by atoms with Gasteiger partial charge in [0.25, 0.3) is 5.56 Å². The topological polar surface area (TPSA) is 128 Å². The largest absolute Gasteiger partial charge is 0.493 e. The maximum atomic E-state index is 13.5. The summed E-state index contributed by atoms with van der Waals surface area (Å²) < 4.78 is 46.3. The lowest BCUT2D eigenvalue weighted by atomic mass is 9.97. The van der Waals surface area contributed by atoms with Crippen LogP contribution in [0.3, 0.4) is 0 Å². The van der Waals surface area contributed by atoms with Gasteiger partial charge in [-0.1, -0.05) is 39.2 Å². The number of hydrogen-bond acceptors (Lipinski definition) is 8. The van der Waals surface area contributed by atoms with Gasteiger partial charge < -0.3 is 19.2 Å². The minimum atomic E-state index is -3.73. The summed E-state index contributed by atoms with van der Waals surface area (Å²) in [5.74, 6) is 2.89. The van der Waals surface area contributed by atoms with E-state index in [9.17, 15) is 13.2 Å². The van der Waals surface area contributed by atoms with Gasteiger partial charge in [-0.25, -0.2) is 17.9 Å². The number of ether oxygens (including phenoxy) is 3. The van der Waals surface area contributed by atoms with Gasteiger partial charge in [-0.05, 0) is 62.1 Å². The van der Waals surface area contributed by atoms with Crippen LogP contribution in [-0.2, 0) is 22.9 Å². The second-order valence-corrected chi connectivity index (χ2v) is 12.9. The fourth-order valence-electron chi connectivity index (χ4n) is 5.37. The molecule has 0 amide bonds. The molecule has 1 atom stereocenters. The zero-order valence-corrected chi connectivity index (χ0v) is 27.5. The average molecular weight is 626 g/mol. The SMILES string of the molecule is CCCC(CC)Cc1nc(C)c2c(=O)[nH]c(-c3cc(N(C)S(=O)(=O)CCc4ccc(OC)c(OC)c4)ccc3OCC)nn12. The number of H-pyrrole nitrogens is 1. The molecule has 0 bridgehead atoms. The molecule has 0 aliphatic carbocycles. The molecular formula is C32H43N5O6S. The van der Waals surface area contributed by atoms with Crippen molar-refractivity contribution in [2.45, 2.75) is 59.8 Å². The number of hydrogen-bond donors (Lipinski definition) is 1. The number of anilines is 1. The lowest BCUT2D eigenvalue weighted by Crippen LogP contribution is -2.30. The summed E-state index contributed by atoms with van der Waals surface area (Å²) in [4.78, 5) is 20.9. The summed E-state index contributed by atoms with van der Waals surface area (Å²) in [7, 11) is 0.878. The Balaban J connectivity index is 1.70. The van der Waals surface area contributed by atoms with E-state index < -0.39 is 10.0 Å². The Bertz CT molecular complexity index is 1770. The van der Waals surface area contributed by atoms with Gasteiger partial charge in [0.2, 0.25) is 10.0 Å². The van der Waals surface area contributed by atoms with Gasteiger partial charge in [0.1, 0.15) is 11.6 Å². The van der Waals surface area contributed by atoms with Crippen LogP contribution in [-0.4, -0.2) is 61.6 Å². The van der Waals surface area contributed by atoms with E-state index in [-0.39, 0.29) is 23.6 Å². The van der Waals surface area contributed by atoms with E-state index in [0.717, 1.165) is 30.7 Å². The van der Waals surface area contributed by atoms with Gasteiger partial charge in [-0.3, -0.25) is 9.10 Å². The van der Waals surface area contributed by atoms with Gasteiger partial charge >= 0.3 is 0 Å². The van der Waals surface area contributed by atoms with Crippen molar-refractivity contribution in [1.29, 1.82) is 0 Å². The van der Waals surface area contributed by atoms with Gasteiger partial charge in [0.05, 0.1) is 43.5 Å². The third-order valence-corrected chi connectivity index (χ3v) is 9.65. The van der Waals surface area contributed by atoms with E-state index in [1.807, 2.05) is 19.9 Å². The van der Waals surface area contributed by atoms with Crippen LogP contribution in [0.2, 0.25) is 0 Å². The van der Waals surface area contributed by atoms with E-state index in [4.69, 9.17) is 24.3 Å². The number of nitrogens with zero attached hydrogens (tertiary/aromatic N) is 4. The van der Waals surface area contributed by atoms with Crippen LogP contribution in [0, 0.1) is 12.8 Å². The predicted molar refractivity (Wildman–Crippen MR) is 173 cm³/mol. The highest BCUT2D eigenvalue weighted by Crippen LogP contribution is 2.33. The molecule has 0 radical (unpaired) electrons. The number of benzene rings is 2. The monoisotopic (exact) mass is 625 g/mol. The average Bonchev–Trinajstić information content (AvgIpc) is 3.34. The number of aromatic nitrogens is 4. The highest BCUT2D eigenvalue weighted by atomic mass is 32.2. The third-order valence-electron chi connectivity index (χ3n) is 7.88. The molecule has 0 fully saturated rings. The summed E-state index contributed by atoms with van der Waals surface area (Å²) in [6, 6.07) is 10.4. The van der Waals surface area contributed by atoms with Crippen molar-refractivity contribution in [1.82, 2.24) is 19.6 Å². The molecule has 238 valence electrons. The van der Waals surface area contributed by atoms with Gasteiger partial charge in [0.15, 0.2) is 22.8 Å². The first-order valence-corrected chi connectivity index (χ1v) is 16.6. The minimum absolute atomic E-state index is 0.128. The third kappa shape index (κ3) is 7.01. The van der Waals surface area contributed by atoms with Crippen LogP contribution in [0.4, 0.5) is 5.69 Å². The first-order chi connectivity index (χ1) is 21.1. The van der Waals surface area contributed by atoms with Crippen molar-refractivity contribution >= 4 is 21.2 Å². The Morgan fingerprint density at radius 2 is 1.75 bits per heavy atom. The van der Waals surface area contributed by atoms with Crippen molar-refractivity contribution in [2.75, 3.05) is 37.9 Å². The molecule has 2 aromatic heterocycles. The summed E-state index contributed by atoms with van der Waals surface area (Å²) in [6.45, 7) is 8.37. The van der Waals surface area contributed by atoms with Crippen LogP contribution in [0.5, 0.6) is 17.2 Å². The first kappa shape index (κ1) is 32.8. The molecule has 0 spiro atoms. The van der Waals surface area contributed by atoms with Crippen LogP contribution in [0.25, 0.3) is 16.9 Å². The van der Waals surface area contributed by atoms with Crippen LogP contribution in [0.1, 0.15) is 57.1 Å². The number of methoxy groups -OCH3 is 2. The molecule has 2 heterocycles. The number of fused-ring (bicyclic) bond motifs is 1. The highest BCUT2D eigenvalue weighted by Gasteiger charge is 2.23. The lowest BCUT2D eigenvalue weighted by Gasteiger charge is -2.21. The smallest absolute Gasteiger partial charge is 0.277 e. The molecular weight excluding hydrogens is 582 g/mol. The fourth-order valence-corrected chi connectivity index (χ4v) is 6.57. The summed E-state index contributed by atoms with van der Waals surface area (Å²) in [5.41, 5.74) is 2.39. The maximum Gasteiger partial charge on any atom is 0.277 e. The molecule has 0 saturated carbocycles. The number of aryl methyl sites for hydroxylation is 2. The van der Waals surface area contributed by atoms with Crippen LogP contribution < -0.4 is 24.1 Å². The van der Waals surface area contributed by atoms with Crippen molar-refractivity contribution < 1.29 is 22.6 Å². The normalized spacial score (nSPS) is 12.3. The summed E-state index contributed by atoms with van der Waals surface area (Å²) in [6.07, 6.45) is 4.11. The number of aromatic amines is 1. The summed E-state index contributed by atoms with van der Waals surface area (Å²) >= 11 is 0. The van der Waals surface area contributed by atoms with Gasteiger partial charge in [-0.15, -0.1) is 5.10 Å². The van der Waals surface area contributed by atoms with E-state index in [2.05, 4.69) is 18.8 Å². The Kier molecular flexibility index (Phi) is 10.6. The molecule has 44 heavy (non-hydrogen) atoms. The van der Waals surface area contributed by atoms with E-state index >= 15 is 0 Å². The minimum Gasteiger partial charge on any atom is -0.493 e. The highest BCUT2D eigenvalue weighted by molar-refractivity contribution is 7.92. The Labute approximate surface area is 259 Å². The standard InChI is InChI=1S/C32H43N5O6S/c1-8-11-22(9-2)19-29-33-21(4)30-32(38)34-31(35-37(29)30)25-20-24(13-15-26(25)43-10-3)36(5)44(39,40)17-16-23-12-14-27(41-6)28(18-23)42-7/h12-15,18,20,22H,8-11,16-17,19H2,1-7H3,(H,34,35,38). The van der Waals surface area contributed by atoms with E-state index in [1.54, 1.807) is 49.1 Å². The first-order valence-electron chi connectivity index (χ1n) is 15.0. The molecule has 0 saturated heterocycles. The molecule has 1 N–H and O–H groups in total. The molecule has 4 rings (SSSR count). The zero-order chi connectivity index (χ0) is 32.0. The number of imidazole rings is 1. The molecule has 1 unspecified atom stereocenters. The van der Waals surface area contributed by atoms with E-state index in [0.29, 0.717) is 58.7 Å². The molecule has 11 nitrogen and oxygen atoms in total. The maximum absolute atomic E-state index is 13.5. The lowest BCUT2D eigenvalue weighted by molar-refractivity contribution is 0.341. The number of rotatable bonds is 15. The number of nitrogens with one attached hydrogen (secondary N) is 1. The quantitative estimate of drug-likeness (QED) is 0.191. The Morgan fingerprint density at radius 3 is 2.41 bits per heavy atom. The Hall–Kier alpha value is -4.06. The second-order valence-electron chi connectivity index (χ2n) is 10.8. The van der Waals surface area contributed by atoms with Crippen molar-refractivity contribution in [2.24, 2.45) is 5.92 Å². The van der Waals surface area contributed by atoms with Gasteiger partial charge in [-0.2, -0.15) is 0 Å². The van der Waals surface area contributed by atoms with Crippen LogP contribution >= 0.6 is 0 Å². The van der Waals surface area contributed by atoms with Crippen LogP contribution in [0.15, 0.2) is 41.2 Å². The van der Waals surface area contributed by atoms with Crippen molar-refractivity contribution in [3.05, 3.63) is 63.8 Å². The van der Waals surface area contributed by atoms with Crippen molar-refractivity contribution in [3.63, 3.8) is 0 Å². The molecule has 12 heteroatoms. The molecule has 0 aliphatic heterocycles. The molecule has 0 aliphatic rings. The summed E-state index contributed by atoms with van der Waals surface area (Å²) in [5, 5.41) is 4.82. The second kappa shape index (κ2) is 14.1. The zero-order valence-electron chi connectivity index (χ0n) is 26.6. The van der Waals surface area contributed by atoms with Crippen molar-refractivity contribution in [3.8, 4) is 28.6 Å². The Morgan fingerprint density at radius 1 is 1.02 bits per heavy atom. The number of sulfonamides is 1. The fraction of sp³-hybridized carbons (Fsp3) is 0.469. The predicted octanol–water partition coefficient (Wildman–Crippen LogP) is 5.19. The molecule has 4 aromatic rings. The molecule has 2 aromatic carbocycles. The van der Waals surface area contributed by atoms with E-state index in [1.165, 1.54) is 11.4 Å². The van der Waals surface area contributed by atoms with Gasteiger partial charge in [0, 0.05) is 13.5 Å².